The summed E-state index contributed by atoms with van der Waals surface area (Å²) in [6, 6.07) is 0. The molecule has 0 saturated carbocycles. The molecule has 0 aliphatic carbocycles. The number of ether oxygens (including phenoxy) is 2. The van der Waals surface area contributed by atoms with Gasteiger partial charge in [0.2, 0.25) is 5.95 Å². The Hall–Kier alpha value is -0.0201. The standard InChI is InChI=1S/C8H12B2F6IO4.HI/c1-3-18-7(20-9(11,12)13)5-6(17)8(19-4-2)21-10(14,15)16;/h5-6H,3-4H2,1-2H3;1H/q-1;/p-1/b7-5-;. The first-order valence-electron chi connectivity index (χ1n) is 5.72. The minimum absolute atomic E-state index is 0. The largest absolute Gasteiger partial charge is 1.00 e. The lowest BCUT2D eigenvalue weighted by atomic mass is 10.2. The predicted octanol–water partition coefficient (Wildman–Crippen LogP) is 0.475. The highest BCUT2D eigenvalue weighted by Crippen LogP contribution is 2.19. The molecular formula is C8H12B2F6I2O4-2. The van der Waals surface area contributed by atoms with Gasteiger partial charge in [0.25, 0.3) is 0 Å². The van der Waals surface area contributed by atoms with Gasteiger partial charge in [-0.15, -0.1) is 0 Å². The van der Waals surface area contributed by atoms with Crippen molar-refractivity contribution in [3.63, 3.8) is 0 Å². The lowest BCUT2D eigenvalue weighted by Gasteiger charge is -2.21. The van der Waals surface area contributed by atoms with Crippen LogP contribution < -0.4 is 24.0 Å². The van der Waals surface area contributed by atoms with E-state index in [-0.39, 0.29) is 37.2 Å². The van der Waals surface area contributed by atoms with Crippen molar-refractivity contribution < 1.29 is 68.3 Å². The molecular weight excluding hydrogens is 550 g/mol. The highest BCUT2D eigenvalue weighted by molar-refractivity contribution is 14.1. The van der Waals surface area contributed by atoms with Crippen molar-refractivity contribution in [2.75, 3.05) is 13.2 Å². The molecule has 0 radical (unpaired) electrons. The molecule has 0 bridgehead atoms. The summed E-state index contributed by atoms with van der Waals surface area (Å²) in [5.74, 6) is -1.85. The van der Waals surface area contributed by atoms with Gasteiger partial charge in [0, 0.05) is 6.08 Å². The minimum atomic E-state index is -5.66. The second kappa shape index (κ2) is 10.7. The van der Waals surface area contributed by atoms with Crippen molar-refractivity contribution >= 4 is 42.9 Å². The number of rotatable bonds is 8. The summed E-state index contributed by atoms with van der Waals surface area (Å²) in [7, 11) is -11.3. The van der Waals surface area contributed by atoms with Gasteiger partial charge >= 0.3 is 20.3 Å². The van der Waals surface area contributed by atoms with Gasteiger partial charge in [0.05, 0.1) is 6.61 Å². The second-order valence-corrected chi connectivity index (χ2v) is 4.68. The van der Waals surface area contributed by atoms with Crippen molar-refractivity contribution in [1.82, 2.24) is 0 Å². The first kappa shape index (κ1) is 24.2. The molecule has 0 aliphatic heterocycles. The fraction of sp³-hybridized carbons (Fsp3) is 0.625. The van der Waals surface area contributed by atoms with Crippen LogP contribution in [0.15, 0.2) is 12.0 Å². The van der Waals surface area contributed by atoms with E-state index in [1.165, 1.54) is 36.4 Å². The van der Waals surface area contributed by atoms with Gasteiger partial charge in [-0.3, -0.25) is 0 Å². The van der Waals surface area contributed by atoms with Crippen LogP contribution in [0.4, 0.5) is 25.9 Å². The topological polar surface area (TPSA) is 39.0 Å². The Kier molecular flexibility index (Phi) is 11.8. The number of hydrogen-bond acceptors (Lipinski definition) is 3. The van der Waals surface area contributed by atoms with Crippen LogP contribution >= 0.6 is 22.6 Å². The van der Waals surface area contributed by atoms with Crippen LogP contribution in [0.5, 0.6) is 0 Å². The Labute approximate surface area is 154 Å². The SMILES string of the molecule is CCOC(=[O+][B-](F)(F)F)C(I)/C=C(/OCC)O[B-](F)(F)F.[I-]. The lowest BCUT2D eigenvalue weighted by molar-refractivity contribution is -0.366. The molecule has 0 amide bonds. The summed E-state index contributed by atoms with van der Waals surface area (Å²) in [5.41, 5.74) is 0. The highest BCUT2D eigenvalue weighted by Gasteiger charge is 2.40. The molecule has 0 aromatic carbocycles. The number of halogens is 8. The Balaban J connectivity index is 0. The number of carbonyl (C=O) groups excluding carboxylic acids is 1. The maximum atomic E-state index is 12.2. The van der Waals surface area contributed by atoms with Crippen LogP contribution in [0.1, 0.15) is 13.8 Å². The zero-order chi connectivity index (χ0) is 16.7. The van der Waals surface area contributed by atoms with Gasteiger partial charge in [-0.05, 0) is 13.8 Å². The predicted molar refractivity (Wildman–Crippen MR) is 73.4 cm³/mol. The average Bonchev–Trinajstić information content (AvgIpc) is 2.24. The molecule has 0 rings (SSSR count). The molecule has 0 spiro atoms. The van der Waals surface area contributed by atoms with E-state index >= 15 is 0 Å². The van der Waals surface area contributed by atoms with Crippen LogP contribution in [0.3, 0.4) is 0 Å². The third-order valence-corrected chi connectivity index (χ3v) is 2.45. The van der Waals surface area contributed by atoms with Crippen LogP contribution in [0.25, 0.3) is 0 Å². The van der Waals surface area contributed by atoms with Crippen molar-refractivity contribution in [1.29, 1.82) is 0 Å². The van der Waals surface area contributed by atoms with E-state index in [4.69, 9.17) is 0 Å². The van der Waals surface area contributed by atoms with E-state index in [2.05, 4.69) is 18.5 Å². The number of hydrogen-bond donors (Lipinski definition) is 0. The molecule has 0 fully saturated rings. The summed E-state index contributed by atoms with van der Waals surface area (Å²) in [4.78, 5) is 0. The Bertz CT molecular complexity index is 388. The molecule has 22 heavy (non-hydrogen) atoms. The summed E-state index contributed by atoms with van der Waals surface area (Å²) >= 11 is 1.40. The first-order chi connectivity index (χ1) is 9.48. The molecule has 0 N–H and O–H groups in total. The van der Waals surface area contributed by atoms with Gasteiger partial charge in [0.15, 0.2) is 10.5 Å². The molecule has 0 heterocycles. The normalized spacial score (nSPS) is 15.0. The molecule has 0 aliphatic rings. The number of alkyl halides is 1. The smallest absolute Gasteiger partial charge is 0.841 e. The van der Waals surface area contributed by atoms with E-state index in [1.807, 2.05) is 0 Å². The molecule has 1 unspecified atom stereocenters. The summed E-state index contributed by atoms with van der Waals surface area (Å²) in [6.07, 6.45) is 0.687. The Morgan fingerprint density at radius 1 is 1.09 bits per heavy atom. The molecule has 14 heteroatoms. The fourth-order valence-electron chi connectivity index (χ4n) is 1.04. The van der Waals surface area contributed by atoms with Crippen molar-refractivity contribution in [3.8, 4) is 0 Å². The van der Waals surface area contributed by atoms with Gasteiger partial charge in [-0.25, -0.2) is 0 Å². The maximum absolute atomic E-state index is 12.2. The molecule has 132 valence electrons. The minimum Gasteiger partial charge on any atom is -1.00 e. The lowest BCUT2D eigenvalue weighted by Crippen LogP contribution is -3.00. The third kappa shape index (κ3) is 12.5. The zero-order valence-electron chi connectivity index (χ0n) is 11.4. The van der Waals surface area contributed by atoms with Gasteiger partial charge in [-0.2, -0.15) is 0 Å². The first-order valence-corrected chi connectivity index (χ1v) is 6.96. The summed E-state index contributed by atoms with van der Waals surface area (Å²) in [5, 5.41) is 0. The molecule has 0 aromatic rings. The van der Waals surface area contributed by atoms with Crippen molar-refractivity contribution in [2.24, 2.45) is 0 Å². The van der Waals surface area contributed by atoms with Crippen LogP contribution in [0, 0.1) is 0 Å². The molecule has 0 aromatic heterocycles. The van der Waals surface area contributed by atoms with Gasteiger partial charge in [-0.1, -0.05) is 22.6 Å². The molecule has 0 saturated heterocycles. The van der Waals surface area contributed by atoms with Gasteiger partial charge < -0.3 is 68.3 Å². The summed E-state index contributed by atoms with van der Waals surface area (Å²) < 4.78 is 88.4. The Morgan fingerprint density at radius 3 is 1.95 bits per heavy atom. The van der Waals surface area contributed by atoms with E-state index in [9.17, 15) is 25.9 Å². The Morgan fingerprint density at radius 2 is 1.59 bits per heavy atom. The van der Waals surface area contributed by atoms with Crippen LogP contribution in [-0.4, -0.2) is 37.5 Å². The molecule has 1 atom stereocenters. The number of esters is 1. The monoisotopic (exact) mass is 562 g/mol. The van der Waals surface area contributed by atoms with E-state index in [0.717, 1.165) is 0 Å². The third-order valence-electron chi connectivity index (χ3n) is 1.58. The van der Waals surface area contributed by atoms with Crippen molar-refractivity contribution in [3.05, 3.63) is 12.0 Å². The maximum Gasteiger partial charge on any atom is 0.841 e. The van der Waals surface area contributed by atoms with Crippen LogP contribution in [0.2, 0.25) is 0 Å². The zero-order valence-corrected chi connectivity index (χ0v) is 15.7. The van der Waals surface area contributed by atoms with E-state index in [0.29, 0.717) is 6.08 Å². The average molecular weight is 562 g/mol. The second-order valence-electron chi connectivity index (χ2n) is 3.34. The van der Waals surface area contributed by atoms with Gasteiger partial charge in [0.1, 0.15) is 0 Å². The molecule has 4 nitrogen and oxygen atoms in total. The van der Waals surface area contributed by atoms with E-state index in [1.54, 1.807) is 0 Å². The van der Waals surface area contributed by atoms with E-state index < -0.39 is 30.2 Å². The van der Waals surface area contributed by atoms with Crippen molar-refractivity contribution in [2.45, 2.75) is 17.8 Å². The fourth-order valence-corrected chi connectivity index (χ4v) is 1.66. The highest BCUT2D eigenvalue weighted by atomic mass is 127. The van der Waals surface area contributed by atoms with Crippen LogP contribution in [-0.2, 0) is 18.5 Å². The quantitative estimate of drug-likeness (QED) is 0.0824. The summed E-state index contributed by atoms with van der Waals surface area (Å²) in [6.45, 7) is 2.49.